The van der Waals surface area contributed by atoms with Crippen molar-refractivity contribution < 1.29 is 26.9 Å². The highest BCUT2D eigenvalue weighted by molar-refractivity contribution is 7.85. The molecular weight excluding hydrogens is 436 g/mol. The Morgan fingerprint density at radius 1 is 1.28 bits per heavy atom. The third kappa shape index (κ3) is 6.26. The van der Waals surface area contributed by atoms with Crippen molar-refractivity contribution in [3.8, 4) is 17.1 Å². The predicted molar refractivity (Wildman–Crippen MR) is 116 cm³/mol. The molecular formula is C21H30N4O6S. The Balaban J connectivity index is 1.72. The van der Waals surface area contributed by atoms with Crippen LogP contribution in [0.1, 0.15) is 50.9 Å². The first-order valence-corrected chi connectivity index (χ1v) is 12.4. The smallest absolute Gasteiger partial charge is 0.309 e. The van der Waals surface area contributed by atoms with Crippen LogP contribution in [0.4, 0.5) is 0 Å². The van der Waals surface area contributed by atoms with Crippen LogP contribution in [0.2, 0.25) is 0 Å². The third-order valence-electron chi connectivity index (χ3n) is 5.24. The summed E-state index contributed by atoms with van der Waals surface area (Å²) >= 11 is 0. The van der Waals surface area contributed by atoms with E-state index in [9.17, 15) is 13.2 Å². The summed E-state index contributed by atoms with van der Waals surface area (Å²) in [5.41, 5.74) is 2.14. The van der Waals surface area contributed by atoms with E-state index < -0.39 is 10.1 Å². The van der Waals surface area contributed by atoms with Crippen LogP contribution < -0.4 is 4.74 Å². The molecule has 1 fully saturated rings. The van der Waals surface area contributed by atoms with Crippen molar-refractivity contribution in [2.75, 3.05) is 6.26 Å². The van der Waals surface area contributed by atoms with Gasteiger partial charge < -0.3 is 9.47 Å². The molecule has 0 spiro atoms. The summed E-state index contributed by atoms with van der Waals surface area (Å²) in [7, 11) is -1.95. The molecule has 3 rings (SSSR count). The third-order valence-corrected chi connectivity index (χ3v) is 5.78. The highest BCUT2D eigenvalue weighted by atomic mass is 32.2. The first-order valence-electron chi connectivity index (χ1n) is 10.6. The Kier molecular flexibility index (Phi) is 7.50. The second-order valence-electron chi connectivity index (χ2n) is 8.34. The lowest BCUT2D eigenvalue weighted by Crippen LogP contribution is -2.31. The number of aryl methyl sites for hydroxylation is 2. The standard InChI is InChI=1S/C21H30N4O6S/c1-13(2)30-21(26)15-7-6-8-16(11-15)31-19-10-9-17(22-14(19)3)20-18(25(4)24-23-20)12-29-32(5,27)28/h9-10,13,15-16H,6-8,11-12H2,1-5H3/t15-,16-/m0/s1. The maximum atomic E-state index is 12.3. The number of ether oxygens (including phenoxy) is 2. The molecule has 1 aliphatic carbocycles. The van der Waals surface area contributed by atoms with Crippen LogP contribution in [0.5, 0.6) is 5.75 Å². The predicted octanol–water partition coefficient (Wildman–Crippen LogP) is 2.55. The molecule has 2 aromatic rings. The van der Waals surface area contributed by atoms with Gasteiger partial charge in [-0.2, -0.15) is 8.42 Å². The summed E-state index contributed by atoms with van der Waals surface area (Å²) in [5.74, 6) is 0.320. The zero-order valence-corrected chi connectivity index (χ0v) is 19.9. The molecule has 176 valence electrons. The van der Waals surface area contributed by atoms with E-state index in [1.54, 1.807) is 13.1 Å². The van der Waals surface area contributed by atoms with E-state index in [1.807, 2.05) is 26.8 Å². The fourth-order valence-corrected chi connectivity index (χ4v) is 4.01. The van der Waals surface area contributed by atoms with E-state index in [4.69, 9.17) is 13.7 Å². The Hall–Kier alpha value is -2.53. The fourth-order valence-electron chi connectivity index (χ4n) is 3.68. The molecule has 1 aliphatic rings. The molecule has 2 heterocycles. The van der Waals surface area contributed by atoms with Gasteiger partial charge in [0.15, 0.2) is 0 Å². The SMILES string of the molecule is Cc1nc(-c2nnn(C)c2COS(C)(=O)=O)ccc1O[C@H]1CCC[C@H](C(=O)OC(C)C)C1. The first kappa shape index (κ1) is 24.1. The summed E-state index contributed by atoms with van der Waals surface area (Å²) < 4.78 is 40.6. The Labute approximate surface area is 188 Å². The minimum absolute atomic E-state index is 0.0879. The van der Waals surface area contributed by atoms with Crippen LogP contribution >= 0.6 is 0 Å². The minimum atomic E-state index is -3.61. The molecule has 11 heteroatoms. The van der Waals surface area contributed by atoms with Crippen LogP contribution in [0.15, 0.2) is 12.1 Å². The number of esters is 1. The van der Waals surface area contributed by atoms with Gasteiger partial charge in [0.2, 0.25) is 0 Å². The molecule has 0 amide bonds. The van der Waals surface area contributed by atoms with Gasteiger partial charge in [0.1, 0.15) is 18.1 Å². The molecule has 2 atom stereocenters. The lowest BCUT2D eigenvalue weighted by atomic mass is 9.87. The number of hydrogen-bond acceptors (Lipinski definition) is 9. The van der Waals surface area contributed by atoms with E-state index >= 15 is 0 Å². The maximum absolute atomic E-state index is 12.3. The van der Waals surface area contributed by atoms with Crippen LogP contribution in [-0.4, -0.2) is 52.8 Å². The Morgan fingerprint density at radius 2 is 2.03 bits per heavy atom. The number of aromatic nitrogens is 4. The van der Waals surface area contributed by atoms with E-state index in [0.717, 1.165) is 25.5 Å². The van der Waals surface area contributed by atoms with Crippen LogP contribution in [0.3, 0.4) is 0 Å². The van der Waals surface area contributed by atoms with Gasteiger partial charge >= 0.3 is 5.97 Å². The molecule has 0 bridgehead atoms. The zero-order chi connectivity index (χ0) is 23.5. The van der Waals surface area contributed by atoms with Crippen molar-refractivity contribution in [2.24, 2.45) is 13.0 Å². The fraction of sp³-hybridized carbons (Fsp3) is 0.619. The summed E-state index contributed by atoms with van der Waals surface area (Å²) in [4.78, 5) is 16.9. The van der Waals surface area contributed by atoms with Gasteiger partial charge in [-0.25, -0.2) is 9.67 Å². The zero-order valence-electron chi connectivity index (χ0n) is 19.1. The van der Waals surface area contributed by atoms with E-state index in [1.165, 1.54) is 4.68 Å². The van der Waals surface area contributed by atoms with Crippen molar-refractivity contribution in [3.63, 3.8) is 0 Å². The normalized spacial score (nSPS) is 19.2. The highest BCUT2D eigenvalue weighted by Crippen LogP contribution is 2.31. The number of nitrogens with zero attached hydrogens (tertiary/aromatic N) is 4. The molecule has 2 aromatic heterocycles. The molecule has 0 N–H and O–H groups in total. The molecule has 0 radical (unpaired) electrons. The summed E-state index contributed by atoms with van der Waals surface area (Å²) in [6, 6.07) is 3.56. The van der Waals surface area contributed by atoms with Crippen LogP contribution in [0, 0.1) is 12.8 Å². The van der Waals surface area contributed by atoms with Gasteiger partial charge in [-0.1, -0.05) is 5.21 Å². The monoisotopic (exact) mass is 466 g/mol. The highest BCUT2D eigenvalue weighted by Gasteiger charge is 2.30. The summed E-state index contributed by atoms with van der Waals surface area (Å²) in [6.45, 7) is 5.34. The van der Waals surface area contributed by atoms with Gasteiger partial charge in [0, 0.05) is 7.05 Å². The van der Waals surface area contributed by atoms with Crippen LogP contribution in [-0.2, 0) is 37.5 Å². The topological polar surface area (TPSA) is 123 Å². The quantitative estimate of drug-likeness (QED) is 0.426. The van der Waals surface area contributed by atoms with E-state index in [-0.39, 0.29) is 30.7 Å². The molecule has 0 aliphatic heterocycles. The number of pyridine rings is 1. The van der Waals surface area contributed by atoms with Gasteiger partial charge in [0.25, 0.3) is 10.1 Å². The molecule has 0 saturated heterocycles. The van der Waals surface area contributed by atoms with E-state index in [0.29, 0.717) is 34.9 Å². The lowest BCUT2D eigenvalue weighted by Gasteiger charge is -2.29. The Bertz CT molecular complexity index is 1070. The first-order chi connectivity index (χ1) is 15.0. The van der Waals surface area contributed by atoms with Crippen molar-refractivity contribution in [2.45, 2.75) is 65.3 Å². The van der Waals surface area contributed by atoms with Crippen molar-refractivity contribution >= 4 is 16.1 Å². The number of hydrogen-bond donors (Lipinski definition) is 0. The maximum Gasteiger partial charge on any atom is 0.309 e. The van der Waals surface area contributed by atoms with Crippen LogP contribution in [0.25, 0.3) is 11.4 Å². The van der Waals surface area contributed by atoms with Crippen molar-refractivity contribution in [1.29, 1.82) is 0 Å². The lowest BCUT2D eigenvalue weighted by molar-refractivity contribution is -0.154. The second-order valence-corrected chi connectivity index (χ2v) is 9.99. The second kappa shape index (κ2) is 9.95. The minimum Gasteiger partial charge on any atom is -0.489 e. The van der Waals surface area contributed by atoms with Crippen molar-refractivity contribution in [3.05, 3.63) is 23.5 Å². The summed E-state index contributed by atoms with van der Waals surface area (Å²) in [5, 5.41) is 8.07. The van der Waals surface area contributed by atoms with E-state index in [2.05, 4.69) is 15.3 Å². The average Bonchev–Trinajstić information content (AvgIpc) is 3.07. The largest absolute Gasteiger partial charge is 0.489 e. The molecule has 0 aromatic carbocycles. The van der Waals surface area contributed by atoms with Gasteiger partial charge in [-0.15, -0.1) is 5.10 Å². The average molecular weight is 467 g/mol. The molecule has 32 heavy (non-hydrogen) atoms. The Morgan fingerprint density at radius 3 is 2.69 bits per heavy atom. The number of carbonyl (C=O) groups excluding carboxylic acids is 1. The summed E-state index contributed by atoms with van der Waals surface area (Å²) in [6.07, 6.45) is 3.96. The molecule has 1 saturated carbocycles. The number of rotatable bonds is 8. The molecule has 0 unspecified atom stereocenters. The molecule has 10 nitrogen and oxygen atoms in total. The van der Waals surface area contributed by atoms with Crippen molar-refractivity contribution in [1.82, 2.24) is 20.0 Å². The number of carbonyl (C=O) groups is 1. The van der Waals surface area contributed by atoms with Gasteiger partial charge in [-0.3, -0.25) is 8.98 Å². The van der Waals surface area contributed by atoms with Gasteiger partial charge in [0.05, 0.1) is 41.5 Å². The van der Waals surface area contributed by atoms with Gasteiger partial charge in [-0.05, 0) is 58.6 Å².